The molecule has 3 radical (unpaired) electrons. The Morgan fingerprint density at radius 2 is 0.736 bits per heavy atom. The average molecular weight is 2070 g/mol. The van der Waals surface area contributed by atoms with Gasteiger partial charge in [0.1, 0.15) is 107 Å². The Kier molecular flexibility index (Phi) is 37.3. The molecule has 8 unspecified atom stereocenters. The molecule has 763 valence electrons. The Morgan fingerprint density at radius 3 is 1.09 bits per heavy atom. The first-order valence-electron chi connectivity index (χ1n) is 48.6. The van der Waals surface area contributed by atoms with E-state index in [9.17, 15) is 43.2 Å². The number of methoxy groups -OCH3 is 3. The molecule has 30 nitrogen and oxygen atoms in total. The number of rotatable bonds is 9. The van der Waals surface area contributed by atoms with Crippen molar-refractivity contribution < 1.29 is 168 Å². The first-order valence-corrected chi connectivity index (χ1v) is 48.6. The summed E-state index contributed by atoms with van der Waals surface area (Å²) in [6.45, 7) is 23.6. The number of carbonyl (C=O) groups is 6. The minimum absolute atomic E-state index is 0. The summed E-state index contributed by atoms with van der Waals surface area (Å²) in [5.41, 5.74) is -1.70. The molecule has 26 atom stereocenters. The van der Waals surface area contributed by atoms with E-state index in [1.165, 1.54) is 36.0 Å². The van der Waals surface area contributed by atoms with Gasteiger partial charge in [0.15, 0.2) is 18.5 Å². The zero-order chi connectivity index (χ0) is 98.8. The van der Waals surface area contributed by atoms with Gasteiger partial charge in [-0.3, -0.25) is 14.4 Å². The van der Waals surface area contributed by atoms with Crippen LogP contribution in [0.3, 0.4) is 0 Å². The van der Waals surface area contributed by atoms with E-state index in [2.05, 4.69) is 45.9 Å². The Morgan fingerprint density at radius 1 is 0.400 bits per heavy atom. The molecule has 9 heterocycles. The molecule has 6 aliphatic heterocycles. The normalized spacial score (nSPS) is 32.4. The van der Waals surface area contributed by atoms with E-state index >= 15 is 26.3 Å². The molecule has 7 fully saturated rings. The summed E-state index contributed by atoms with van der Waals surface area (Å²) in [6.07, 6.45) is -1.15. The molecule has 3 saturated heterocycles. The molecule has 3 N–H and O–H groups in total. The van der Waals surface area contributed by atoms with Crippen LogP contribution in [-0.4, -0.2) is 231 Å². The summed E-state index contributed by atoms with van der Waals surface area (Å²) in [5.74, 6) is -1.30. The summed E-state index contributed by atoms with van der Waals surface area (Å²) in [4.78, 5) is 151. The number of nitrogens with zero attached hydrogens (tertiary/aromatic N) is 9. The number of aromatic nitrogens is 6. The summed E-state index contributed by atoms with van der Waals surface area (Å²) in [6, 6.07) is 8.69. The molecule has 140 heavy (non-hydrogen) atoms. The van der Waals surface area contributed by atoms with Gasteiger partial charge in [-0.2, -0.15) is 0 Å². The predicted molar refractivity (Wildman–Crippen MR) is 493 cm³/mol. The topological polar surface area (TPSA) is 360 Å². The maximum atomic E-state index is 16.1. The molecule has 16 rings (SSSR count). The Labute approximate surface area is 849 Å². The molecule has 4 saturated carbocycles. The molecule has 6 aromatic rings. The third-order valence-electron chi connectivity index (χ3n) is 29.8. The van der Waals surface area contributed by atoms with E-state index in [1.54, 1.807) is 54.6 Å². The number of alkyl carbamates (subject to hydrolysis) is 3. The molecule has 0 spiro atoms. The van der Waals surface area contributed by atoms with Crippen LogP contribution in [0.25, 0.3) is 33.1 Å². The molecule has 6 bridgehead atoms. The van der Waals surface area contributed by atoms with E-state index in [4.69, 9.17) is 42.6 Å². The maximum absolute atomic E-state index is 16.1. The fourth-order valence-corrected chi connectivity index (χ4v) is 22.0. The van der Waals surface area contributed by atoms with Crippen LogP contribution < -0.4 is 44.4 Å². The SMILES string of the molecule is CC[C@@H]1[C@@H]2CN(C(=O)[C@H](C(C)(C)C)NC(=O)O[C@@H]3CC4CC4[C@H]3CCCC(F)C(F)c3nc4ccc(OC)cc4nc3O2)[C@@H]1[C-]=O.CC[C@@H]1[C@@H]2CN(C(=O)[C@H](C(C)(C)C)NC(=O)O[C@@H]3CCC[C@H]3CCCC(F)C(F)c3nc4ccc(OC)cc4nc3O2)[C@@H]1[C-]=O.CC[C@@H]1[C@@H]2CN(C(=O)[C@H](C(C)(C)C)NC(=O)O[C@]3(C)CCC[C@H]3CCCC(F)C(F)c3nc4ccc(OC)cc4nc3O2)[C@@H]1[C-]=O.[V].[V].[V]. The van der Waals surface area contributed by atoms with E-state index < -0.39 is 167 Å². The maximum Gasteiger partial charge on any atom is 0.408 e. The smallest absolute Gasteiger partial charge is 0.408 e. The van der Waals surface area contributed by atoms with Gasteiger partial charge in [0, 0.05) is 73.9 Å². The van der Waals surface area contributed by atoms with Crippen molar-refractivity contribution in [2.75, 3.05) is 41.0 Å². The van der Waals surface area contributed by atoms with Crippen LogP contribution in [0.5, 0.6) is 34.9 Å². The Hall–Kier alpha value is -8.96. The van der Waals surface area contributed by atoms with Crippen LogP contribution in [0, 0.1) is 63.6 Å². The molecule has 6 amide bonds. The van der Waals surface area contributed by atoms with E-state index in [1.807, 2.05) is 109 Å². The fraction of sp³-hybridized carbons (Fsp3) is 0.673. The minimum atomic E-state index is -2.14. The molecule has 4 aliphatic carbocycles. The second-order valence-electron chi connectivity index (χ2n) is 42.0. The number of nitrogens with one attached hydrogen (secondary N) is 3. The molecular formula is C101H131F6N12O18V3-3. The van der Waals surface area contributed by atoms with Crippen LogP contribution in [0.2, 0.25) is 0 Å². The number of ether oxygens (including phenoxy) is 9. The van der Waals surface area contributed by atoms with Gasteiger partial charge in [-0.1, -0.05) is 140 Å². The number of fused-ring (bicyclic) bond motifs is 17. The van der Waals surface area contributed by atoms with Gasteiger partial charge in [0.2, 0.25) is 35.4 Å². The number of benzene rings is 3. The van der Waals surface area contributed by atoms with Crippen LogP contribution >= 0.6 is 0 Å². The third kappa shape index (κ3) is 24.5. The minimum Gasteiger partial charge on any atom is -0.540 e. The number of hydrogen-bond acceptors (Lipinski definition) is 24. The van der Waals surface area contributed by atoms with Crippen LogP contribution in [0.15, 0.2) is 54.6 Å². The zero-order valence-electron chi connectivity index (χ0n) is 82.4. The second-order valence-corrected chi connectivity index (χ2v) is 42.0. The monoisotopic (exact) mass is 2070 g/mol. The van der Waals surface area contributed by atoms with Crippen molar-refractivity contribution in [3.8, 4) is 34.9 Å². The first-order chi connectivity index (χ1) is 65.2. The van der Waals surface area contributed by atoms with Crippen LogP contribution in [0.1, 0.15) is 254 Å². The first kappa shape index (κ1) is 111. The zero-order valence-corrected chi connectivity index (χ0v) is 86.6. The molecule has 3 aromatic heterocycles. The van der Waals surface area contributed by atoms with Gasteiger partial charge in [-0.05, 0) is 197 Å². The summed E-state index contributed by atoms with van der Waals surface area (Å²) in [7, 11) is 4.52. The number of alkyl halides is 6. The van der Waals surface area contributed by atoms with Gasteiger partial charge >= 0.3 is 18.3 Å². The number of hydrogen-bond donors (Lipinski definition) is 3. The largest absolute Gasteiger partial charge is 0.540 e. The van der Waals surface area contributed by atoms with Crippen LogP contribution in [-0.2, 0) is 98.6 Å². The van der Waals surface area contributed by atoms with Gasteiger partial charge in [0.25, 0.3) is 0 Å². The second kappa shape index (κ2) is 46.8. The van der Waals surface area contributed by atoms with E-state index in [0.717, 1.165) is 32.1 Å². The Balaban J connectivity index is 0.000000199. The van der Waals surface area contributed by atoms with Gasteiger partial charge < -0.3 is 87.7 Å². The van der Waals surface area contributed by atoms with Gasteiger partial charge in [-0.25, -0.2) is 89.5 Å². The third-order valence-corrected chi connectivity index (χ3v) is 29.8. The van der Waals surface area contributed by atoms with Crippen molar-refractivity contribution in [1.82, 2.24) is 60.6 Å². The van der Waals surface area contributed by atoms with Crippen molar-refractivity contribution in [2.24, 2.45) is 63.6 Å². The summed E-state index contributed by atoms with van der Waals surface area (Å²) in [5, 5.41) is 8.38. The van der Waals surface area contributed by atoms with Crippen molar-refractivity contribution in [3.63, 3.8) is 0 Å². The number of carbonyl (C=O) groups excluding carboxylic acids is 9. The quantitative estimate of drug-likeness (QED) is 0.0687. The van der Waals surface area contributed by atoms with Crippen molar-refractivity contribution in [2.45, 2.75) is 328 Å². The summed E-state index contributed by atoms with van der Waals surface area (Å²) >= 11 is 0. The van der Waals surface area contributed by atoms with Crippen molar-refractivity contribution in [1.29, 1.82) is 0 Å². The average Bonchev–Trinajstić information content (AvgIpc) is 1.62. The van der Waals surface area contributed by atoms with Crippen molar-refractivity contribution >= 4 is 88.0 Å². The Bertz CT molecular complexity index is 5270. The van der Waals surface area contributed by atoms with Gasteiger partial charge in [0.05, 0.1) is 74.1 Å². The number of halogens is 6. The molecular weight excluding hydrogens is 1940 g/mol. The van der Waals surface area contributed by atoms with Crippen molar-refractivity contribution in [3.05, 3.63) is 71.7 Å². The van der Waals surface area contributed by atoms with Crippen LogP contribution in [0.4, 0.5) is 40.7 Å². The molecule has 3 aromatic carbocycles. The predicted octanol–water partition coefficient (Wildman–Crippen LogP) is 17.0. The summed E-state index contributed by atoms with van der Waals surface area (Å²) < 4.78 is 148. The molecule has 10 aliphatic rings. The molecule has 39 heteroatoms. The van der Waals surface area contributed by atoms with Gasteiger partial charge in [-0.15, -0.1) is 0 Å². The van der Waals surface area contributed by atoms with E-state index in [-0.39, 0.29) is 159 Å². The number of amides is 6. The standard InChI is InChI=1S/C34H43F2N4O6.C34H45F2N4O6.C33H43F2N4O6.3V/c1-6-19-25(16-41)40-15-27(19)45-31-29(37-23-11-10-18(44-5)14-24(23)38-31)28(36)22(35)9-7-8-20-21-12-17(21)13-26(20)46-33(43)39-30(32(40)42)34(2,3)4;1-7-21-25(18-41)40-17-26(21)45-30-28(37-23-14-13-20(44-6)16-24(23)38-30)27(36)22(35)12-8-10-19-11-9-15-34(19,5)46-32(43)39-29(31(40)42)33(2,3)4;1-6-20-24(17-40)39-16-26(20)44-30-28(36-22-14-13-19(43-5)15-23(22)37-30)27(35)21(34)11-7-9-18-10-8-12-25(18)45-32(42)38-29(31(39)41)33(2,3)4;;;/h10-11,14,17,19-22,25-28,30H,6-9,12-13,15H2,1-5H3,(H,39,43);13-14,16,19,21-22,25-27,29H,7-12,15,17H2,1-6H3,(H,39,43);13-15,18,20-21,24-27,29H,6-12,16H2,1-5H3,(H,38,42);;;/q3*-1;;;/t17?,19-,20+,21?,22?,25+,26+,27-,28?,30+;19-,21+,22?,25-,26+,27?,29-,34-;18-,20+,21?,24-,25-,26+,27?,29-;;;/m011.../s1. The van der Waals surface area contributed by atoms with E-state index in [0.29, 0.717) is 139 Å². The fourth-order valence-electron chi connectivity index (χ4n) is 22.0.